The number of amides is 2. The zero-order chi connectivity index (χ0) is 19.2. The van der Waals surface area contributed by atoms with Crippen LogP contribution in [0.2, 0.25) is 0 Å². The summed E-state index contributed by atoms with van der Waals surface area (Å²) in [6.07, 6.45) is 0.0805. The van der Waals surface area contributed by atoms with Gasteiger partial charge in [-0.1, -0.05) is 32.9 Å². The van der Waals surface area contributed by atoms with Gasteiger partial charge < -0.3 is 15.4 Å². The summed E-state index contributed by atoms with van der Waals surface area (Å²) in [5.74, 6) is -1.07. The molecule has 0 radical (unpaired) electrons. The minimum atomic E-state index is -0.713. The van der Waals surface area contributed by atoms with E-state index in [9.17, 15) is 14.4 Å². The Morgan fingerprint density at radius 1 is 1.04 bits per heavy atom. The molecule has 0 fully saturated rings. The number of esters is 1. The highest BCUT2D eigenvalue weighted by Gasteiger charge is 2.20. The van der Waals surface area contributed by atoms with E-state index in [1.165, 1.54) is 7.11 Å². The van der Waals surface area contributed by atoms with E-state index in [0.717, 1.165) is 5.56 Å². The molecule has 0 spiro atoms. The smallest absolute Gasteiger partial charge is 0.307 e. The molecule has 2 unspecified atom stereocenters. The Morgan fingerprint density at radius 2 is 1.60 bits per heavy atom. The molecule has 25 heavy (non-hydrogen) atoms. The number of benzene rings is 1. The number of ether oxygens (including phenoxy) is 1. The first-order chi connectivity index (χ1) is 11.5. The van der Waals surface area contributed by atoms with Crippen LogP contribution in [-0.4, -0.2) is 37.0 Å². The van der Waals surface area contributed by atoms with Crippen molar-refractivity contribution in [2.45, 2.75) is 58.5 Å². The number of carbonyl (C=O) groups excluding carboxylic acids is 3. The van der Waals surface area contributed by atoms with E-state index < -0.39 is 12.0 Å². The zero-order valence-electron chi connectivity index (χ0n) is 15.8. The average molecular weight is 348 g/mol. The quantitative estimate of drug-likeness (QED) is 0.772. The first kappa shape index (κ1) is 20.7. The molecule has 1 rings (SSSR count). The second-order valence-electron chi connectivity index (χ2n) is 7.21. The highest BCUT2D eigenvalue weighted by atomic mass is 16.5. The lowest BCUT2D eigenvalue weighted by Crippen LogP contribution is -2.47. The van der Waals surface area contributed by atoms with Crippen LogP contribution in [0.3, 0.4) is 0 Å². The third kappa shape index (κ3) is 6.57. The van der Waals surface area contributed by atoms with Crippen molar-refractivity contribution >= 4 is 17.8 Å². The van der Waals surface area contributed by atoms with Crippen molar-refractivity contribution in [2.75, 3.05) is 7.11 Å². The summed E-state index contributed by atoms with van der Waals surface area (Å²) in [5, 5.41) is 5.34. The van der Waals surface area contributed by atoms with Crippen LogP contribution in [0.1, 0.15) is 57.0 Å². The lowest BCUT2D eigenvalue weighted by molar-refractivity contribution is -0.141. The monoisotopic (exact) mass is 348 g/mol. The lowest BCUT2D eigenvalue weighted by atomic mass is 9.86. The van der Waals surface area contributed by atoms with Crippen molar-refractivity contribution in [1.82, 2.24) is 10.6 Å². The highest BCUT2D eigenvalue weighted by molar-refractivity contribution is 5.97. The predicted octanol–water partition coefficient (Wildman–Crippen LogP) is 2.17. The van der Waals surface area contributed by atoms with E-state index in [0.29, 0.717) is 5.56 Å². The molecular formula is C19H28N2O4. The van der Waals surface area contributed by atoms with Crippen LogP contribution in [0.5, 0.6) is 0 Å². The van der Waals surface area contributed by atoms with Crippen molar-refractivity contribution in [1.29, 1.82) is 0 Å². The van der Waals surface area contributed by atoms with Gasteiger partial charge in [-0.2, -0.15) is 0 Å². The first-order valence-corrected chi connectivity index (χ1v) is 8.33. The molecule has 0 saturated heterocycles. The molecule has 1 aromatic rings. The maximum atomic E-state index is 12.3. The molecule has 0 heterocycles. The number of rotatable bonds is 6. The van der Waals surface area contributed by atoms with Crippen LogP contribution in [-0.2, 0) is 19.7 Å². The highest BCUT2D eigenvalue weighted by Crippen LogP contribution is 2.22. The van der Waals surface area contributed by atoms with Crippen molar-refractivity contribution in [2.24, 2.45) is 0 Å². The van der Waals surface area contributed by atoms with Gasteiger partial charge in [0.05, 0.1) is 13.5 Å². The van der Waals surface area contributed by atoms with Crippen LogP contribution in [0.15, 0.2) is 24.3 Å². The fourth-order valence-electron chi connectivity index (χ4n) is 2.22. The van der Waals surface area contributed by atoms with Crippen molar-refractivity contribution < 1.29 is 19.1 Å². The van der Waals surface area contributed by atoms with Crippen molar-refractivity contribution in [3.63, 3.8) is 0 Å². The Kier molecular flexibility index (Phi) is 7.15. The topological polar surface area (TPSA) is 84.5 Å². The van der Waals surface area contributed by atoms with Crippen molar-refractivity contribution in [3.05, 3.63) is 35.4 Å². The third-order valence-corrected chi connectivity index (χ3v) is 3.84. The molecule has 0 bridgehead atoms. The Bertz CT molecular complexity index is 617. The molecule has 2 atom stereocenters. The predicted molar refractivity (Wildman–Crippen MR) is 96.3 cm³/mol. The summed E-state index contributed by atoms with van der Waals surface area (Å²) in [5.41, 5.74) is 1.64. The summed E-state index contributed by atoms with van der Waals surface area (Å²) < 4.78 is 4.56. The Balaban J connectivity index is 2.61. The summed E-state index contributed by atoms with van der Waals surface area (Å²) in [4.78, 5) is 35.6. The third-order valence-electron chi connectivity index (χ3n) is 3.84. The molecule has 0 aliphatic carbocycles. The lowest BCUT2D eigenvalue weighted by Gasteiger charge is -2.20. The zero-order valence-corrected chi connectivity index (χ0v) is 15.8. The van der Waals surface area contributed by atoms with E-state index in [1.807, 2.05) is 12.1 Å². The molecule has 0 aromatic heterocycles. The van der Waals surface area contributed by atoms with Gasteiger partial charge in [0.2, 0.25) is 5.91 Å². The second-order valence-corrected chi connectivity index (χ2v) is 7.21. The number of hydrogen-bond acceptors (Lipinski definition) is 4. The van der Waals surface area contributed by atoms with Gasteiger partial charge in [-0.25, -0.2) is 0 Å². The molecule has 0 aliphatic heterocycles. The second kappa shape index (κ2) is 8.65. The maximum Gasteiger partial charge on any atom is 0.307 e. The number of hydrogen-bond donors (Lipinski definition) is 2. The van der Waals surface area contributed by atoms with Gasteiger partial charge in [-0.05, 0) is 37.0 Å². The number of methoxy groups -OCH3 is 1. The largest absolute Gasteiger partial charge is 0.469 e. The fraction of sp³-hybridized carbons (Fsp3) is 0.526. The van der Waals surface area contributed by atoms with E-state index in [-0.39, 0.29) is 29.7 Å². The molecular weight excluding hydrogens is 320 g/mol. The average Bonchev–Trinajstić information content (AvgIpc) is 2.53. The molecule has 6 nitrogen and oxygen atoms in total. The van der Waals surface area contributed by atoms with Gasteiger partial charge in [0.25, 0.3) is 5.91 Å². The normalized spacial score (nSPS) is 13.5. The van der Waals surface area contributed by atoms with Gasteiger partial charge in [0, 0.05) is 11.6 Å². The van der Waals surface area contributed by atoms with Gasteiger partial charge in [0.15, 0.2) is 0 Å². The van der Waals surface area contributed by atoms with E-state index in [1.54, 1.807) is 26.0 Å². The molecule has 1 aromatic carbocycles. The molecule has 0 aliphatic rings. The minimum Gasteiger partial charge on any atom is -0.469 e. The SMILES string of the molecule is COC(=O)CC(C)NC(=O)C(C)NC(=O)c1ccc(C(C)(C)C)cc1. The molecule has 2 amide bonds. The Labute approximate surface area is 149 Å². The van der Waals surface area contributed by atoms with Gasteiger partial charge in [-0.3, -0.25) is 14.4 Å². The molecule has 0 saturated carbocycles. The van der Waals surface area contributed by atoms with E-state index >= 15 is 0 Å². The fourth-order valence-corrected chi connectivity index (χ4v) is 2.22. The van der Waals surface area contributed by atoms with Crippen LogP contribution in [0.25, 0.3) is 0 Å². The van der Waals surface area contributed by atoms with Gasteiger partial charge >= 0.3 is 5.97 Å². The van der Waals surface area contributed by atoms with Gasteiger partial charge in [-0.15, -0.1) is 0 Å². The van der Waals surface area contributed by atoms with Gasteiger partial charge in [0.1, 0.15) is 6.04 Å². The number of nitrogens with one attached hydrogen (secondary N) is 2. The van der Waals surface area contributed by atoms with E-state index in [4.69, 9.17) is 0 Å². The minimum absolute atomic E-state index is 0.0119. The van der Waals surface area contributed by atoms with Crippen LogP contribution in [0, 0.1) is 0 Å². The summed E-state index contributed by atoms with van der Waals surface area (Å²) in [6.45, 7) is 9.61. The Hall–Kier alpha value is -2.37. The van der Waals surface area contributed by atoms with Crippen LogP contribution in [0.4, 0.5) is 0 Å². The van der Waals surface area contributed by atoms with Crippen LogP contribution < -0.4 is 10.6 Å². The maximum absolute atomic E-state index is 12.3. The summed E-state index contributed by atoms with van der Waals surface area (Å²) >= 11 is 0. The van der Waals surface area contributed by atoms with E-state index in [2.05, 4.69) is 36.1 Å². The number of carbonyl (C=O) groups is 3. The van der Waals surface area contributed by atoms with Crippen LogP contribution >= 0.6 is 0 Å². The summed E-state index contributed by atoms with van der Waals surface area (Å²) in [6, 6.07) is 6.25. The first-order valence-electron chi connectivity index (χ1n) is 8.33. The summed E-state index contributed by atoms with van der Waals surface area (Å²) in [7, 11) is 1.30. The molecule has 2 N–H and O–H groups in total. The molecule has 6 heteroatoms. The standard InChI is InChI=1S/C19H28N2O4/c1-12(11-16(22)25-6)20-17(23)13(2)21-18(24)14-7-9-15(10-8-14)19(3,4)5/h7-10,12-13H,11H2,1-6H3,(H,20,23)(H,21,24). The van der Waals surface area contributed by atoms with Crippen molar-refractivity contribution in [3.8, 4) is 0 Å². The Morgan fingerprint density at radius 3 is 2.08 bits per heavy atom. The molecule has 138 valence electrons.